The number of benzene rings is 3. The molecule has 0 fully saturated rings. The fourth-order valence-electron chi connectivity index (χ4n) is 2.84. The van der Waals surface area contributed by atoms with Crippen LogP contribution in [0.15, 0.2) is 77.7 Å². The summed E-state index contributed by atoms with van der Waals surface area (Å²) in [6.07, 6.45) is 0. The molecule has 0 bridgehead atoms. The molecular weight excluding hydrogens is 342 g/mol. The summed E-state index contributed by atoms with van der Waals surface area (Å²) in [7, 11) is -3.67. The predicted octanol–water partition coefficient (Wildman–Crippen LogP) is 5.01. The molecule has 0 radical (unpaired) electrons. The topological polar surface area (TPSA) is 37.4 Å². The molecule has 0 aliphatic carbocycles. The highest BCUT2D eigenvalue weighted by Crippen LogP contribution is 2.28. The van der Waals surface area contributed by atoms with Crippen LogP contribution < -0.4 is 4.31 Å². The molecule has 0 aliphatic heterocycles. The first-order valence-electron chi connectivity index (χ1n) is 8.58. The van der Waals surface area contributed by atoms with Crippen LogP contribution in [0.25, 0.3) is 0 Å². The van der Waals surface area contributed by atoms with Crippen molar-refractivity contribution in [2.75, 3.05) is 4.31 Å². The summed E-state index contributed by atoms with van der Waals surface area (Å²) in [4.78, 5) is 0.304. The van der Waals surface area contributed by atoms with Crippen LogP contribution >= 0.6 is 0 Å². The highest BCUT2D eigenvalue weighted by Gasteiger charge is 2.26. The maximum absolute atomic E-state index is 13.4. The summed E-state index contributed by atoms with van der Waals surface area (Å²) in [6.45, 7) is 6.19. The summed E-state index contributed by atoms with van der Waals surface area (Å²) >= 11 is 0. The Kier molecular flexibility index (Phi) is 5.14. The van der Waals surface area contributed by atoms with E-state index in [9.17, 15) is 8.42 Å². The molecule has 0 heterocycles. The van der Waals surface area contributed by atoms with E-state index in [1.165, 1.54) is 4.31 Å². The van der Waals surface area contributed by atoms with E-state index in [-0.39, 0.29) is 0 Å². The van der Waals surface area contributed by atoms with E-state index in [2.05, 4.69) is 0 Å². The van der Waals surface area contributed by atoms with E-state index in [0.29, 0.717) is 17.1 Å². The lowest BCUT2D eigenvalue weighted by Gasteiger charge is -2.26. The lowest BCUT2D eigenvalue weighted by molar-refractivity contribution is 0.590. The molecule has 0 unspecified atom stereocenters. The minimum absolute atomic E-state index is 0.293. The Morgan fingerprint density at radius 1 is 0.731 bits per heavy atom. The average Bonchev–Trinajstić information content (AvgIpc) is 2.62. The molecular formula is C22H23NO2S. The third-order valence-electron chi connectivity index (χ3n) is 4.44. The van der Waals surface area contributed by atoms with Crippen molar-refractivity contribution in [2.45, 2.75) is 32.2 Å². The smallest absolute Gasteiger partial charge is 0.262 e. The molecule has 4 heteroatoms. The van der Waals surface area contributed by atoms with Gasteiger partial charge in [-0.3, -0.25) is 4.31 Å². The van der Waals surface area contributed by atoms with E-state index >= 15 is 0 Å². The lowest BCUT2D eigenvalue weighted by atomic mass is 10.1. The molecule has 0 saturated carbocycles. The summed E-state index contributed by atoms with van der Waals surface area (Å²) < 4.78 is 28.3. The number of hydrogen-bond donors (Lipinski definition) is 0. The number of nitrogens with zero attached hydrogens (tertiary/aromatic N) is 1. The van der Waals surface area contributed by atoms with Gasteiger partial charge in [0.05, 0.1) is 17.1 Å². The minimum atomic E-state index is -3.67. The Bertz CT molecular complexity index is 991. The standard InChI is InChI=1S/C22H23NO2S/c1-17-8-12-20(13-9-17)16-23(22-7-5-4-6-19(22)3)26(24,25)21-14-10-18(2)11-15-21/h4-15H,16H2,1-3H3. The van der Waals surface area contributed by atoms with Crippen LogP contribution in [-0.4, -0.2) is 8.42 Å². The number of para-hydroxylation sites is 1. The van der Waals surface area contributed by atoms with Crippen LogP contribution in [0.3, 0.4) is 0 Å². The van der Waals surface area contributed by atoms with Crippen molar-refractivity contribution >= 4 is 15.7 Å². The molecule has 3 nitrogen and oxygen atoms in total. The van der Waals surface area contributed by atoms with Crippen LogP contribution in [0.2, 0.25) is 0 Å². The van der Waals surface area contributed by atoms with Crippen molar-refractivity contribution in [3.63, 3.8) is 0 Å². The van der Waals surface area contributed by atoms with Gasteiger partial charge in [0.2, 0.25) is 0 Å². The van der Waals surface area contributed by atoms with Gasteiger partial charge in [0.15, 0.2) is 0 Å². The molecule has 3 aromatic carbocycles. The molecule has 3 aromatic rings. The number of hydrogen-bond acceptors (Lipinski definition) is 2. The van der Waals surface area contributed by atoms with Gasteiger partial charge in [0.25, 0.3) is 10.0 Å². The fraction of sp³-hybridized carbons (Fsp3) is 0.182. The van der Waals surface area contributed by atoms with Crippen molar-refractivity contribution in [1.29, 1.82) is 0 Å². The molecule has 0 atom stereocenters. The van der Waals surface area contributed by atoms with Crippen LogP contribution in [0.5, 0.6) is 0 Å². The first-order chi connectivity index (χ1) is 12.4. The van der Waals surface area contributed by atoms with Crippen molar-refractivity contribution in [1.82, 2.24) is 0 Å². The maximum Gasteiger partial charge on any atom is 0.264 e. The summed E-state index contributed by atoms with van der Waals surface area (Å²) in [5.41, 5.74) is 4.76. The Labute approximate surface area is 156 Å². The van der Waals surface area contributed by atoms with E-state index in [1.54, 1.807) is 12.1 Å². The Morgan fingerprint density at radius 2 is 1.27 bits per heavy atom. The monoisotopic (exact) mass is 365 g/mol. The van der Waals surface area contributed by atoms with E-state index in [0.717, 1.165) is 22.3 Å². The summed E-state index contributed by atoms with van der Waals surface area (Å²) in [5.74, 6) is 0. The minimum Gasteiger partial charge on any atom is -0.262 e. The highest BCUT2D eigenvalue weighted by molar-refractivity contribution is 7.92. The molecule has 26 heavy (non-hydrogen) atoms. The van der Waals surface area contributed by atoms with Gasteiger partial charge in [-0.1, -0.05) is 65.7 Å². The second kappa shape index (κ2) is 7.34. The largest absolute Gasteiger partial charge is 0.264 e. The first-order valence-corrected chi connectivity index (χ1v) is 10.0. The van der Waals surface area contributed by atoms with Gasteiger partial charge in [-0.15, -0.1) is 0 Å². The second-order valence-corrected chi connectivity index (χ2v) is 8.46. The van der Waals surface area contributed by atoms with Gasteiger partial charge in [0.1, 0.15) is 0 Å². The summed E-state index contributed by atoms with van der Waals surface area (Å²) in [6, 6.07) is 22.5. The van der Waals surface area contributed by atoms with Gasteiger partial charge in [-0.25, -0.2) is 8.42 Å². The zero-order valence-corrected chi connectivity index (χ0v) is 16.1. The van der Waals surface area contributed by atoms with Crippen LogP contribution in [-0.2, 0) is 16.6 Å². The molecule has 0 spiro atoms. The zero-order chi connectivity index (χ0) is 18.7. The zero-order valence-electron chi connectivity index (χ0n) is 15.3. The Balaban J connectivity index is 2.09. The summed E-state index contributed by atoms with van der Waals surface area (Å²) in [5, 5.41) is 0. The van der Waals surface area contributed by atoms with Crippen LogP contribution in [0.1, 0.15) is 22.3 Å². The lowest BCUT2D eigenvalue weighted by Crippen LogP contribution is -2.31. The average molecular weight is 365 g/mol. The van der Waals surface area contributed by atoms with Crippen molar-refractivity contribution in [2.24, 2.45) is 0 Å². The number of aryl methyl sites for hydroxylation is 3. The van der Waals surface area contributed by atoms with Crippen molar-refractivity contribution < 1.29 is 8.42 Å². The van der Waals surface area contributed by atoms with Gasteiger partial charge < -0.3 is 0 Å². The van der Waals surface area contributed by atoms with Crippen LogP contribution in [0, 0.1) is 20.8 Å². The second-order valence-electron chi connectivity index (χ2n) is 6.60. The third kappa shape index (κ3) is 3.81. The molecule has 0 saturated heterocycles. The molecule has 0 aromatic heterocycles. The normalized spacial score (nSPS) is 11.3. The van der Waals surface area contributed by atoms with Crippen molar-refractivity contribution in [3.8, 4) is 0 Å². The molecule has 0 N–H and O–H groups in total. The van der Waals surface area contributed by atoms with Gasteiger partial charge >= 0.3 is 0 Å². The SMILES string of the molecule is Cc1ccc(CN(c2ccccc2C)S(=O)(=O)c2ccc(C)cc2)cc1. The molecule has 0 amide bonds. The first kappa shape index (κ1) is 18.2. The van der Waals surface area contributed by atoms with E-state index in [1.807, 2.05) is 81.4 Å². The van der Waals surface area contributed by atoms with E-state index in [4.69, 9.17) is 0 Å². The predicted molar refractivity (Wildman–Crippen MR) is 107 cm³/mol. The van der Waals surface area contributed by atoms with Gasteiger partial charge in [0, 0.05) is 0 Å². The fourth-order valence-corrected chi connectivity index (χ4v) is 4.36. The maximum atomic E-state index is 13.4. The molecule has 134 valence electrons. The van der Waals surface area contributed by atoms with Crippen molar-refractivity contribution in [3.05, 3.63) is 95.1 Å². The van der Waals surface area contributed by atoms with Crippen LogP contribution in [0.4, 0.5) is 5.69 Å². The molecule has 3 rings (SSSR count). The third-order valence-corrected chi connectivity index (χ3v) is 6.21. The number of sulfonamides is 1. The Morgan fingerprint density at radius 3 is 1.85 bits per heavy atom. The number of anilines is 1. The molecule has 0 aliphatic rings. The highest BCUT2D eigenvalue weighted by atomic mass is 32.2. The number of rotatable bonds is 5. The van der Waals surface area contributed by atoms with Gasteiger partial charge in [-0.05, 0) is 50.1 Å². The van der Waals surface area contributed by atoms with E-state index < -0.39 is 10.0 Å². The van der Waals surface area contributed by atoms with Gasteiger partial charge in [-0.2, -0.15) is 0 Å². The quantitative estimate of drug-likeness (QED) is 0.637. The Hall–Kier alpha value is -2.59.